The Hall–Kier alpha value is -0.840. The fourth-order valence-corrected chi connectivity index (χ4v) is 4.37. The molecule has 0 aliphatic heterocycles. The monoisotopic (exact) mass is 466 g/mol. The molecule has 0 N–H and O–H groups in total. The normalized spacial score (nSPS) is 22.1. The van der Waals surface area contributed by atoms with Gasteiger partial charge in [0, 0.05) is 24.1 Å². The van der Waals surface area contributed by atoms with Crippen molar-refractivity contribution in [3.8, 4) is 0 Å². The Balaban J connectivity index is 2.39. The lowest BCUT2D eigenvalue weighted by atomic mass is 9.98. The van der Waals surface area contributed by atoms with Crippen molar-refractivity contribution in [1.29, 1.82) is 0 Å². The topological polar surface area (TPSA) is 0 Å². The highest BCUT2D eigenvalue weighted by molar-refractivity contribution is 14.1. The molecule has 1 aromatic carbocycles. The van der Waals surface area contributed by atoms with Gasteiger partial charge in [0.25, 0.3) is 0 Å². The summed E-state index contributed by atoms with van der Waals surface area (Å²) in [6.45, 7) is 1.30. The molecule has 0 saturated carbocycles. The number of hydrogen-bond acceptors (Lipinski definition) is 1. The minimum absolute atomic E-state index is 0.0474. The maximum absolute atomic E-state index is 14.0. The van der Waals surface area contributed by atoms with E-state index in [0.29, 0.717) is 4.70 Å². The molecule has 1 heterocycles. The Kier molecular flexibility index (Phi) is 3.58. The van der Waals surface area contributed by atoms with Gasteiger partial charge in [0.05, 0.1) is 5.57 Å². The predicted octanol–water partition coefficient (Wildman–Crippen LogP) is 6.41. The number of aryl methyl sites for hydroxylation is 1. The van der Waals surface area contributed by atoms with Crippen LogP contribution in [0.4, 0.5) is 30.7 Å². The van der Waals surface area contributed by atoms with Crippen LogP contribution in [0.1, 0.15) is 10.4 Å². The van der Waals surface area contributed by atoms with E-state index in [1.807, 2.05) is 22.6 Å². The molecule has 0 radical (unpaired) electrons. The Morgan fingerprint density at radius 2 is 1.61 bits per heavy atom. The van der Waals surface area contributed by atoms with Gasteiger partial charge in [-0.1, -0.05) is 6.07 Å². The first-order valence-corrected chi connectivity index (χ1v) is 8.05. The molecule has 23 heavy (non-hydrogen) atoms. The average Bonchev–Trinajstić information content (AvgIpc) is 2.77. The first kappa shape index (κ1) is 17.0. The molecule has 1 aliphatic rings. The zero-order valence-electron chi connectivity index (χ0n) is 11.2. The van der Waals surface area contributed by atoms with Gasteiger partial charge >= 0.3 is 17.8 Å². The number of thiophene rings is 1. The van der Waals surface area contributed by atoms with Crippen LogP contribution in [0.3, 0.4) is 0 Å². The lowest BCUT2D eigenvalue weighted by Gasteiger charge is -2.24. The third-order valence-corrected chi connectivity index (χ3v) is 5.41. The van der Waals surface area contributed by atoms with Crippen LogP contribution in [0.25, 0.3) is 15.7 Å². The van der Waals surface area contributed by atoms with Crippen LogP contribution >= 0.6 is 33.9 Å². The van der Waals surface area contributed by atoms with Crippen LogP contribution in [0.2, 0.25) is 0 Å². The summed E-state index contributed by atoms with van der Waals surface area (Å²) in [5.41, 5.74) is -2.50. The minimum atomic E-state index is -5.82. The maximum Gasteiger partial charge on any atom is 0.383 e. The molecule has 0 amide bonds. The molecule has 0 unspecified atom stereocenters. The van der Waals surface area contributed by atoms with Gasteiger partial charge in [-0.3, -0.25) is 0 Å². The van der Waals surface area contributed by atoms with Crippen molar-refractivity contribution in [3.05, 3.63) is 38.0 Å². The molecule has 0 atom stereocenters. The average molecular weight is 466 g/mol. The van der Waals surface area contributed by atoms with Crippen molar-refractivity contribution in [3.63, 3.8) is 0 Å². The molecule has 0 bridgehead atoms. The summed E-state index contributed by atoms with van der Waals surface area (Å²) in [5.74, 6) is -19.4. The first-order valence-electron chi connectivity index (χ1n) is 6.16. The lowest BCUT2D eigenvalue weighted by molar-refractivity contribution is -0.263. The zero-order chi connectivity index (χ0) is 17.4. The molecule has 0 saturated heterocycles. The molecule has 9 heteroatoms. The van der Waals surface area contributed by atoms with E-state index < -0.39 is 34.7 Å². The van der Waals surface area contributed by atoms with Crippen LogP contribution in [0.15, 0.2) is 24.0 Å². The Morgan fingerprint density at radius 3 is 2.13 bits per heavy atom. The number of halogens is 8. The van der Waals surface area contributed by atoms with Crippen molar-refractivity contribution in [2.45, 2.75) is 24.7 Å². The summed E-state index contributed by atoms with van der Waals surface area (Å²) < 4.78 is 96.6. The molecule has 124 valence electrons. The minimum Gasteiger partial charge on any atom is -0.204 e. The molecular formula is C14H6F7IS. The molecule has 0 nitrogen and oxygen atoms in total. The van der Waals surface area contributed by atoms with Gasteiger partial charge in [0.1, 0.15) is 0 Å². The molecular weight excluding hydrogens is 460 g/mol. The van der Waals surface area contributed by atoms with Crippen LogP contribution in [0, 0.1) is 10.5 Å². The third-order valence-electron chi connectivity index (χ3n) is 3.68. The smallest absolute Gasteiger partial charge is 0.204 e. The van der Waals surface area contributed by atoms with Crippen molar-refractivity contribution < 1.29 is 30.7 Å². The summed E-state index contributed by atoms with van der Waals surface area (Å²) in [5, 5.41) is 0.0474. The van der Waals surface area contributed by atoms with Crippen LogP contribution in [-0.4, -0.2) is 17.8 Å². The fraction of sp³-hybridized carbons (Fsp3) is 0.286. The van der Waals surface area contributed by atoms with Crippen molar-refractivity contribution in [2.24, 2.45) is 0 Å². The Bertz CT molecular complexity index is 850. The molecule has 3 rings (SSSR count). The van der Waals surface area contributed by atoms with Gasteiger partial charge in [0.2, 0.25) is 0 Å². The van der Waals surface area contributed by atoms with Crippen molar-refractivity contribution >= 4 is 49.6 Å². The number of alkyl halides is 6. The molecule has 1 aromatic heterocycles. The number of rotatable bonds is 1. The predicted molar refractivity (Wildman–Crippen MR) is 82.1 cm³/mol. The maximum atomic E-state index is 14.0. The number of fused-ring (bicyclic) bond motifs is 1. The van der Waals surface area contributed by atoms with E-state index in [-0.39, 0.29) is 10.3 Å². The van der Waals surface area contributed by atoms with Crippen LogP contribution < -0.4 is 0 Å². The van der Waals surface area contributed by atoms with Crippen molar-refractivity contribution in [2.75, 3.05) is 0 Å². The van der Waals surface area contributed by atoms with Gasteiger partial charge in [-0.2, -0.15) is 26.3 Å². The second-order valence-electron chi connectivity index (χ2n) is 5.09. The summed E-state index contributed by atoms with van der Waals surface area (Å²) in [7, 11) is 0. The fourth-order valence-electron chi connectivity index (χ4n) is 2.56. The van der Waals surface area contributed by atoms with Gasteiger partial charge in [0.15, 0.2) is 5.83 Å². The van der Waals surface area contributed by atoms with Crippen molar-refractivity contribution in [1.82, 2.24) is 0 Å². The van der Waals surface area contributed by atoms with E-state index in [4.69, 9.17) is 0 Å². The molecule has 0 fully saturated rings. The van der Waals surface area contributed by atoms with Gasteiger partial charge in [-0.15, -0.1) is 11.3 Å². The molecule has 0 spiro atoms. The highest BCUT2D eigenvalue weighted by Crippen LogP contribution is 2.63. The number of benzene rings is 1. The largest absolute Gasteiger partial charge is 0.383 e. The van der Waals surface area contributed by atoms with E-state index in [9.17, 15) is 30.7 Å². The first-order chi connectivity index (χ1) is 10.4. The summed E-state index contributed by atoms with van der Waals surface area (Å²) in [4.78, 5) is 0.0697. The second-order valence-corrected chi connectivity index (χ2v) is 7.59. The van der Waals surface area contributed by atoms with Gasteiger partial charge < -0.3 is 0 Å². The summed E-state index contributed by atoms with van der Waals surface area (Å²) in [6, 6.07) is 4.42. The Morgan fingerprint density at radius 1 is 1.00 bits per heavy atom. The van der Waals surface area contributed by atoms with Crippen LogP contribution in [0.5, 0.6) is 0 Å². The quantitative estimate of drug-likeness (QED) is 0.337. The zero-order valence-corrected chi connectivity index (χ0v) is 14.1. The summed E-state index contributed by atoms with van der Waals surface area (Å²) in [6.07, 6.45) is 0. The number of hydrogen-bond donors (Lipinski definition) is 0. The van der Waals surface area contributed by atoms with Crippen LogP contribution in [-0.2, 0) is 0 Å². The highest BCUT2D eigenvalue weighted by atomic mass is 127. The molecule has 1 aliphatic carbocycles. The van der Waals surface area contributed by atoms with E-state index in [0.717, 1.165) is 14.9 Å². The van der Waals surface area contributed by atoms with E-state index >= 15 is 0 Å². The van der Waals surface area contributed by atoms with E-state index in [2.05, 4.69) is 0 Å². The number of allylic oxidation sites excluding steroid dienone is 2. The standard InChI is InChI=1S/C14H6F7IS/c1-5-9(7-3-2-6(22)4-8(7)23-5)10-11(15)13(18,19)14(20,21)12(10,16)17/h2-4H,1H3. The van der Waals surface area contributed by atoms with Gasteiger partial charge in [-0.05, 0) is 41.6 Å². The van der Waals surface area contributed by atoms with E-state index in [1.165, 1.54) is 19.1 Å². The lowest BCUT2D eigenvalue weighted by Crippen LogP contribution is -2.48. The Labute approximate surface area is 143 Å². The van der Waals surface area contributed by atoms with E-state index in [1.54, 1.807) is 6.07 Å². The third kappa shape index (κ3) is 2.01. The second kappa shape index (κ2) is 4.84. The molecule has 2 aromatic rings. The summed E-state index contributed by atoms with van der Waals surface area (Å²) >= 11 is 2.91. The highest BCUT2D eigenvalue weighted by Gasteiger charge is 2.81. The van der Waals surface area contributed by atoms with Gasteiger partial charge in [-0.25, -0.2) is 4.39 Å². The SMILES string of the molecule is Cc1sc2cc(I)ccc2c1C1=C(F)C(F)(F)C(F)(F)C1(F)F.